The normalized spacial score (nSPS) is 29.3. The Morgan fingerprint density at radius 2 is 2.00 bits per heavy atom. The second-order valence-corrected chi connectivity index (χ2v) is 6.02. The summed E-state index contributed by atoms with van der Waals surface area (Å²) in [6.45, 7) is 6.24. The first-order valence-electron chi connectivity index (χ1n) is 5.71. The molecule has 2 fully saturated rings. The van der Waals surface area contributed by atoms with Gasteiger partial charge in [0.1, 0.15) is 0 Å². The van der Waals surface area contributed by atoms with Crippen molar-refractivity contribution >= 4 is 11.8 Å². The van der Waals surface area contributed by atoms with Gasteiger partial charge in [-0.15, -0.1) is 0 Å². The highest BCUT2D eigenvalue weighted by molar-refractivity contribution is 8.00. The van der Waals surface area contributed by atoms with Crippen LogP contribution < -0.4 is 0 Å². The van der Waals surface area contributed by atoms with Gasteiger partial charge in [-0.3, -0.25) is 0 Å². The highest BCUT2D eigenvalue weighted by Gasteiger charge is 2.36. The van der Waals surface area contributed by atoms with Crippen LogP contribution in [0, 0.1) is 0 Å². The number of rotatable bonds is 1. The molecule has 0 bridgehead atoms. The predicted octanol–water partition coefficient (Wildman–Crippen LogP) is 2.76. The third-order valence-electron chi connectivity index (χ3n) is 3.54. The lowest BCUT2D eigenvalue weighted by atomic mass is 9.87. The summed E-state index contributed by atoms with van der Waals surface area (Å²) in [5, 5.41) is 0. The standard InChI is InChI=1S/C11H21NS/c1-2-12-8-9-13-11(10-12)6-4-3-5-7-11/h2-10H2,1H3. The lowest BCUT2D eigenvalue weighted by Crippen LogP contribution is -2.47. The maximum Gasteiger partial charge on any atom is 0.0287 e. The molecule has 2 aliphatic rings. The van der Waals surface area contributed by atoms with Crippen molar-refractivity contribution in [1.82, 2.24) is 4.90 Å². The quantitative estimate of drug-likeness (QED) is 0.639. The molecule has 1 aliphatic carbocycles. The molecule has 1 heterocycles. The van der Waals surface area contributed by atoms with Gasteiger partial charge in [-0.25, -0.2) is 0 Å². The highest BCUT2D eigenvalue weighted by atomic mass is 32.2. The Hall–Kier alpha value is 0.310. The van der Waals surface area contributed by atoms with Crippen LogP contribution in [-0.2, 0) is 0 Å². The molecular weight excluding hydrogens is 178 g/mol. The Balaban J connectivity index is 1.95. The summed E-state index contributed by atoms with van der Waals surface area (Å²) in [7, 11) is 0. The van der Waals surface area contributed by atoms with Crippen molar-refractivity contribution in [3.63, 3.8) is 0 Å². The third-order valence-corrected chi connectivity index (χ3v) is 5.08. The molecule has 0 aromatic heterocycles. The predicted molar refractivity (Wildman–Crippen MR) is 60.4 cm³/mol. The zero-order chi connectivity index (χ0) is 9.15. The summed E-state index contributed by atoms with van der Waals surface area (Å²) in [5.74, 6) is 1.37. The van der Waals surface area contributed by atoms with Crippen LogP contribution >= 0.6 is 11.8 Å². The van der Waals surface area contributed by atoms with E-state index in [1.165, 1.54) is 57.5 Å². The van der Waals surface area contributed by atoms with Gasteiger partial charge < -0.3 is 4.90 Å². The molecule has 0 atom stereocenters. The lowest BCUT2D eigenvalue weighted by molar-refractivity contribution is 0.228. The topological polar surface area (TPSA) is 3.24 Å². The SMILES string of the molecule is CCN1CCSC2(CCCCC2)C1. The Bertz CT molecular complexity index is 158. The van der Waals surface area contributed by atoms with Gasteiger partial charge in [-0.1, -0.05) is 26.2 Å². The molecule has 0 N–H and O–H groups in total. The summed E-state index contributed by atoms with van der Waals surface area (Å²) in [4.78, 5) is 2.64. The van der Waals surface area contributed by atoms with E-state index in [4.69, 9.17) is 0 Å². The van der Waals surface area contributed by atoms with Crippen LogP contribution in [0.2, 0.25) is 0 Å². The van der Waals surface area contributed by atoms with Gasteiger partial charge in [-0.2, -0.15) is 11.8 Å². The van der Waals surface area contributed by atoms with Crippen LogP contribution in [0.4, 0.5) is 0 Å². The van der Waals surface area contributed by atoms with Crippen molar-refractivity contribution < 1.29 is 0 Å². The van der Waals surface area contributed by atoms with Gasteiger partial charge in [0.05, 0.1) is 0 Å². The second kappa shape index (κ2) is 4.22. The van der Waals surface area contributed by atoms with Crippen LogP contribution in [-0.4, -0.2) is 35.0 Å². The number of nitrogens with zero attached hydrogens (tertiary/aromatic N) is 1. The highest BCUT2D eigenvalue weighted by Crippen LogP contribution is 2.42. The molecule has 1 saturated heterocycles. The van der Waals surface area contributed by atoms with Crippen LogP contribution in [0.25, 0.3) is 0 Å². The molecule has 2 rings (SSSR count). The fourth-order valence-corrected chi connectivity index (χ4v) is 4.33. The molecule has 1 nitrogen and oxygen atoms in total. The van der Waals surface area contributed by atoms with Crippen LogP contribution in [0.1, 0.15) is 39.0 Å². The molecule has 1 spiro atoms. The minimum absolute atomic E-state index is 0.673. The fraction of sp³-hybridized carbons (Fsp3) is 1.00. The van der Waals surface area contributed by atoms with E-state index in [1.54, 1.807) is 0 Å². The Kier molecular flexibility index (Phi) is 3.20. The monoisotopic (exact) mass is 199 g/mol. The Labute approximate surface area is 86.3 Å². The van der Waals surface area contributed by atoms with Gasteiger partial charge in [0.15, 0.2) is 0 Å². The van der Waals surface area contributed by atoms with Crippen LogP contribution in [0.5, 0.6) is 0 Å². The van der Waals surface area contributed by atoms with E-state index in [9.17, 15) is 0 Å². The minimum atomic E-state index is 0.673. The summed E-state index contributed by atoms with van der Waals surface area (Å²) >= 11 is 2.26. The average Bonchev–Trinajstić information content (AvgIpc) is 2.19. The molecule has 0 aromatic carbocycles. The van der Waals surface area contributed by atoms with E-state index in [2.05, 4.69) is 23.6 Å². The van der Waals surface area contributed by atoms with Gasteiger partial charge in [0.2, 0.25) is 0 Å². The summed E-state index contributed by atoms with van der Waals surface area (Å²) < 4.78 is 0.673. The molecule has 1 saturated carbocycles. The van der Waals surface area contributed by atoms with Crippen LogP contribution in [0.15, 0.2) is 0 Å². The molecular formula is C11H21NS. The number of hydrogen-bond acceptors (Lipinski definition) is 2. The van der Waals surface area contributed by atoms with Gasteiger partial charge in [-0.05, 0) is 19.4 Å². The van der Waals surface area contributed by atoms with Crippen molar-refractivity contribution in [1.29, 1.82) is 0 Å². The summed E-state index contributed by atoms with van der Waals surface area (Å²) in [6.07, 6.45) is 7.39. The van der Waals surface area contributed by atoms with Gasteiger partial charge in [0.25, 0.3) is 0 Å². The van der Waals surface area contributed by atoms with E-state index < -0.39 is 0 Å². The molecule has 2 heteroatoms. The minimum Gasteiger partial charge on any atom is -0.301 e. The molecule has 0 radical (unpaired) electrons. The Morgan fingerprint density at radius 1 is 1.23 bits per heavy atom. The summed E-state index contributed by atoms with van der Waals surface area (Å²) in [6, 6.07) is 0. The van der Waals surface area contributed by atoms with Crippen molar-refractivity contribution in [3.05, 3.63) is 0 Å². The second-order valence-electron chi connectivity index (χ2n) is 4.46. The Morgan fingerprint density at radius 3 is 2.69 bits per heavy atom. The van der Waals surface area contributed by atoms with Crippen molar-refractivity contribution in [2.24, 2.45) is 0 Å². The number of thioether (sulfide) groups is 1. The van der Waals surface area contributed by atoms with Gasteiger partial charge >= 0.3 is 0 Å². The largest absolute Gasteiger partial charge is 0.301 e. The van der Waals surface area contributed by atoms with Gasteiger partial charge in [0, 0.05) is 23.6 Å². The first-order valence-corrected chi connectivity index (χ1v) is 6.69. The third kappa shape index (κ3) is 2.21. The molecule has 0 amide bonds. The molecule has 0 aromatic rings. The zero-order valence-corrected chi connectivity index (χ0v) is 9.54. The van der Waals surface area contributed by atoms with Crippen molar-refractivity contribution in [2.75, 3.05) is 25.4 Å². The smallest absolute Gasteiger partial charge is 0.0287 e. The molecule has 76 valence electrons. The van der Waals surface area contributed by atoms with Crippen LogP contribution in [0.3, 0.4) is 0 Å². The average molecular weight is 199 g/mol. The number of hydrogen-bond donors (Lipinski definition) is 0. The van der Waals surface area contributed by atoms with Crippen molar-refractivity contribution in [3.8, 4) is 0 Å². The molecule has 13 heavy (non-hydrogen) atoms. The van der Waals surface area contributed by atoms with E-state index in [1.807, 2.05) is 0 Å². The maximum atomic E-state index is 2.64. The first kappa shape index (κ1) is 9.85. The lowest BCUT2D eigenvalue weighted by Gasteiger charge is -2.44. The van der Waals surface area contributed by atoms with E-state index >= 15 is 0 Å². The summed E-state index contributed by atoms with van der Waals surface area (Å²) in [5.41, 5.74) is 0. The van der Waals surface area contributed by atoms with E-state index in [0.29, 0.717) is 4.75 Å². The fourth-order valence-electron chi connectivity index (χ4n) is 2.69. The van der Waals surface area contributed by atoms with E-state index in [0.717, 1.165) is 0 Å². The van der Waals surface area contributed by atoms with E-state index in [-0.39, 0.29) is 0 Å². The first-order chi connectivity index (χ1) is 6.35. The molecule has 0 unspecified atom stereocenters. The molecule has 1 aliphatic heterocycles. The maximum absolute atomic E-state index is 2.64. The zero-order valence-electron chi connectivity index (χ0n) is 8.72. The van der Waals surface area contributed by atoms with Crippen molar-refractivity contribution in [2.45, 2.75) is 43.8 Å².